The predicted octanol–water partition coefficient (Wildman–Crippen LogP) is 0.899. The lowest BCUT2D eigenvalue weighted by atomic mass is 10.1. The van der Waals surface area contributed by atoms with Crippen LogP contribution < -0.4 is 11.1 Å². The molecule has 0 aromatic carbocycles. The van der Waals surface area contributed by atoms with Gasteiger partial charge in [0.05, 0.1) is 10.9 Å². The molecule has 0 heterocycles. The summed E-state index contributed by atoms with van der Waals surface area (Å²) < 4.78 is 0. The van der Waals surface area contributed by atoms with Crippen LogP contribution in [0.5, 0.6) is 0 Å². The Morgan fingerprint density at radius 3 is 2.65 bits per heavy atom. The van der Waals surface area contributed by atoms with E-state index in [0.717, 1.165) is 6.54 Å². The summed E-state index contributed by atoms with van der Waals surface area (Å²) >= 11 is 4.79. The zero-order valence-electron chi connectivity index (χ0n) is 10.7. The number of hydrogen-bond donors (Lipinski definition) is 2. The van der Waals surface area contributed by atoms with Crippen LogP contribution in [-0.4, -0.2) is 42.0 Å². The molecule has 1 fully saturated rings. The van der Waals surface area contributed by atoms with Crippen LogP contribution in [0.3, 0.4) is 0 Å². The average molecular weight is 257 g/mol. The molecule has 0 aliphatic heterocycles. The van der Waals surface area contributed by atoms with Crippen LogP contribution in [0.15, 0.2) is 0 Å². The second kappa shape index (κ2) is 6.91. The predicted molar refractivity (Wildman–Crippen MR) is 73.8 cm³/mol. The van der Waals surface area contributed by atoms with Crippen LogP contribution in [0, 0.1) is 5.92 Å². The lowest BCUT2D eigenvalue weighted by Gasteiger charge is -2.24. The fourth-order valence-electron chi connectivity index (χ4n) is 2.17. The summed E-state index contributed by atoms with van der Waals surface area (Å²) in [5.74, 6) is -0.445. The van der Waals surface area contributed by atoms with Gasteiger partial charge in [-0.3, -0.25) is 4.79 Å². The minimum atomic E-state index is -0.373. The van der Waals surface area contributed by atoms with Crippen LogP contribution in [0.1, 0.15) is 32.6 Å². The largest absolute Gasteiger partial charge is 0.393 e. The number of amides is 1. The van der Waals surface area contributed by atoms with E-state index in [9.17, 15) is 4.79 Å². The van der Waals surface area contributed by atoms with Gasteiger partial charge in [0.2, 0.25) is 5.91 Å². The van der Waals surface area contributed by atoms with Crippen molar-refractivity contribution in [2.45, 2.75) is 38.6 Å². The first-order valence-electron chi connectivity index (χ1n) is 6.29. The van der Waals surface area contributed by atoms with E-state index in [-0.39, 0.29) is 16.8 Å². The number of thiocarbonyl (C=S) groups is 1. The highest BCUT2D eigenvalue weighted by atomic mass is 32.1. The Kier molecular flexibility index (Phi) is 5.85. The van der Waals surface area contributed by atoms with E-state index >= 15 is 0 Å². The minimum absolute atomic E-state index is 0.0719. The van der Waals surface area contributed by atoms with Crippen molar-refractivity contribution in [3.05, 3.63) is 0 Å². The van der Waals surface area contributed by atoms with Crippen LogP contribution >= 0.6 is 12.2 Å². The van der Waals surface area contributed by atoms with E-state index in [2.05, 4.69) is 17.3 Å². The normalized spacial score (nSPS) is 18.3. The molecular weight excluding hydrogens is 234 g/mol. The van der Waals surface area contributed by atoms with Gasteiger partial charge in [0.25, 0.3) is 0 Å². The summed E-state index contributed by atoms with van der Waals surface area (Å²) in [7, 11) is 2.12. The minimum Gasteiger partial charge on any atom is -0.393 e. The summed E-state index contributed by atoms with van der Waals surface area (Å²) in [5.41, 5.74) is 5.43. The smallest absolute Gasteiger partial charge is 0.229 e. The van der Waals surface area contributed by atoms with Crippen LogP contribution in [0.4, 0.5) is 0 Å². The highest BCUT2D eigenvalue weighted by Gasteiger charge is 2.19. The molecule has 0 radical (unpaired) electrons. The number of hydrogen-bond acceptors (Lipinski definition) is 3. The number of nitrogens with one attached hydrogen (secondary N) is 1. The van der Waals surface area contributed by atoms with Crippen molar-refractivity contribution < 1.29 is 4.79 Å². The first-order valence-corrected chi connectivity index (χ1v) is 6.70. The molecule has 1 aliphatic carbocycles. The standard InChI is InChI=1S/C12H23N3OS/c1-9(11(13)17)12(16)14-7-8-15(2)10-5-3-4-6-10/h9-10H,3-8H2,1-2H3,(H2,13,17)(H,14,16). The Hall–Kier alpha value is -0.680. The lowest BCUT2D eigenvalue weighted by molar-refractivity contribution is -0.122. The molecule has 1 unspecified atom stereocenters. The molecule has 0 saturated heterocycles. The van der Waals surface area contributed by atoms with E-state index in [1.165, 1.54) is 25.7 Å². The van der Waals surface area contributed by atoms with E-state index in [0.29, 0.717) is 12.6 Å². The van der Waals surface area contributed by atoms with Gasteiger partial charge in [-0.05, 0) is 26.8 Å². The summed E-state index contributed by atoms with van der Waals surface area (Å²) in [6.07, 6.45) is 5.24. The molecule has 0 spiro atoms. The summed E-state index contributed by atoms with van der Waals surface area (Å²) in [6, 6.07) is 0.694. The van der Waals surface area contributed by atoms with Gasteiger partial charge in [0, 0.05) is 19.1 Å². The molecule has 98 valence electrons. The Morgan fingerprint density at radius 2 is 2.12 bits per heavy atom. The molecule has 3 N–H and O–H groups in total. The van der Waals surface area contributed by atoms with Crippen LogP contribution in [0.25, 0.3) is 0 Å². The van der Waals surface area contributed by atoms with Crippen LogP contribution in [0.2, 0.25) is 0 Å². The van der Waals surface area contributed by atoms with Crippen molar-refractivity contribution in [3.8, 4) is 0 Å². The third kappa shape index (κ3) is 4.60. The van der Waals surface area contributed by atoms with E-state index in [4.69, 9.17) is 18.0 Å². The Labute approximate surface area is 109 Å². The third-order valence-corrected chi connectivity index (χ3v) is 3.89. The number of carbonyl (C=O) groups excluding carboxylic acids is 1. The summed E-state index contributed by atoms with van der Waals surface area (Å²) in [5, 5.41) is 2.87. The monoisotopic (exact) mass is 257 g/mol. The number of nitrogens with two attached hydrogens (primary N) is 1. The Morgan fingerprint density at radius 1 is 1.53 bits per heavy atom. The maximum Gasteiger partial charge on any atom is 0.229 e. The van der Waals surface area contributed by atoms with Crippen molar-refractivity contribution in [2.75, 3.05) is 20.1 Å². The van der Waals surface area contributed by atoms with Gasteiger partial charge in [-0.25, -0.2) is 0 Å². The first-order chi connectivity index (χ1) is 8.02. The molecule has 1 aliphatic rings. The van der Waals surface area contributed by atoms with Gasteiger partial charge < -0.3 is 16.0 Å². The number of rotatable bonds is 6. The molecule has 0 aromatic rings. The molecule has 4 nitrogen and oxygen atoms in total. The summed E-state index contributed by atoms with van der Waals surface area (Å²) in [4.78, 5) is 14.2. The third-order valence-electron chi connectivity index (χ3n) is 3.53. The molecule has 0 aromatic heterocycles. The number of carbonyl (C=O) groups is 1. The topological polar surface area (TPSA) is 58.4 Å². The van der Waals surface area contributed by atoms with Crippen molar-refractivity contribution in [1.82, 2.24) is 10.2 Å². The van der Waals surface area contributed by atoms with E-state index in [1.807, 2.05) is 0 Å². The molecule has 0 bridgehead atoms. The molecule has 1 amide bonds. The Bertz CT molecular complexity index is 277. The SMILES string of the molecule is CC(C(=O)NCCN(C)C1CCCC1)C(N)=S. The fourth-order valence-corrected chi connectivity index (χ4v) is 2.27. The highest BCUT2D eigenvalue weighted by Crippen LogP contribution is 2.21. The van der Waals surface area contributed by atoms with Crippen molar-refractivity contribution >= 4 is 23.1 Å². The van der Waals surface area contributed by atoms with Gasteiger partial charge >= 0.3 is 0 Å². The molecular formula is C12H23N3OS. The molecule has 17 heavy (non-hydrogen) atoms. The Balaban J connectivity index is 2.18. The summed E-state index contributed by atoms with van der Waals surface area (Å²) in [6.45, 7) is 3.29. The lowest BCUT2D eigenvalue weighted by Crippen LogP contribution is -2.41. The number of likely N-dealkylation sites (N-methyl/N-ethyl adjacent to an activating group) is 1. The molecule has 1 atom stereocenters. The van der Waals surface area contributed by atoms with Crippen molar-refractivity contribution in [2.24, 2.45) is 11.7 Å². The van der Waals surface area contributed by atoms with Crippen molar-refractivity contribution in [3.63, 3.8) is 0 Å². The second-order valence-electron chi connectivity index (χ2n) is 4.83. The van der Waals surface area contributed by atoms with Crippen LogP contribution in [-0.2, 0) is 4.79 Å². The maximum absolute atomic E-state index is 11.6. The molecule has 5 heteroatoms. The van der Waals surface area contributed by atoms with Gasteiger partial charge in [-0.1, -0.05) is 25.1 Å². The van der Waals surface area contributed by atoms with Gasteiger partial charge in [0.15, 0.2) is 0 Å². The zero-order valence-corrected chi connectivity index (χ0v) is 11.6. The van der Waals surface area contributed by atoms with Gasteiger partial charge in [0.1, 0.15) is 0 Å². The second-order valence-corrected chi connectivity index (χ2v) is 5.31. The van der Waals surface area contributed by atoms with Crippen molar-refractivity contribution in [1.29, 1.82) is 0 Å². The zero-order chi connectivity index (χ0) is 12.8. The highest BCUT2D eigenvalue weighted by molar-refractivity contribution is 7.80. The molecule has 1 rings (SSSR count). The van der Waals surface area contributed by atoms with E-state index < -0.39 is 0 Å². The maximum atomic E-state index is 11.6. The van der Waals surface area contributed by atoms with E-state index in [1.54, 1.807) is 6.92 Å². The quantitative estimate of drug-likeness (QED) is 0.694. The molecule has 1 saturated carbocycles. The first kappa shape index (κ1) is 14.4. The van der Waals surface area contributed by atoms with Gasteiger partial charge in [-0.15, -0.1) is 0 Å². The average Bonchev–Trinajstić information content (AvgIpc) is 2.80. The van der Waals surface area contributed by atoms with Gasteiger partial charge in [-0.2, -0.15) is 0 Å². The number of nitrogens with zero attached hydrogens (tertiary/aromatic N) is 1. The fraction of sp³-hybridized carbons (Fsp3) is 0.833.